The van der Waals surface area contributed by atoms with Crippen molar-refractivity contribution >= 4 is 50.6 Å². The lowest BCUT2D eigenvalue weighted by Gasteiger charge is -2.35. The normalized spacial score (nSPS) is 26.4. The molecule has 3 heterocycles. The van der Waals surface area contributed by atoms with E-state index < -0.39 is 68.7 Å². The molecule has 3 aromatic rings. The van der Waals surface area contributed by atoms with Crippen LogP contribution in [0, 0.1) is 17.3 Å². The largest absolute Gasteiger partial charge is 0.496 e. The molecule has 3 N–H and O–H groups in total. The molecule has 4 amide bonds. The Morgan fingerprint density at radius 2 is 1.81 bits per heavy atom. The summed E-state index contributed by atoms with van der Waals surface area (Å²) in [6.07, 6.45) is 7.63. The predicted octanol–water partition coefficient (Wildman–Crippen LogP) is 5.94. The Morgan fingerprint density at radius 3 is 2.50 bits per heavy atom. The molecule has 8 rings (SSSR count). The third-order valence-electron chi connectivity index (χ3n) is 13.8. The van der Waals surface area contributed by atoms with Crippen LogP contribution in [0.15, 0.2) is 61.2 Å². The minimum atomic E-state index is -3.92. The van der Waals surface area contributed by atoms with Gasteiger partial charge in [-0.2, -0.15) is 0 Å². The zero-order chi connectivity index (χ0) is 45.4. The number of sulfonamides is 1. The zero-order valence-electron chi connectivity index (χ0n) is 37.4. The number of aromatic nitrogens is 1. The lowest BCUT2D eigenvalue weighted by molar-refractivity contribution is -0.142. The van der Waals surface area contributed by atoms with E-state index in [0.717, 1.165) is 48.6 Å². The molecule has 1 aromatic heterocycles. The van der Waals surface area contributed by atoms with Crippen LogP contribution in [0.3, 0.4) is 0 Å². The molecule has 3 aliphatic carbocycles. The van der Waals surface area contributed by atoms with E-state index in [1.165, 1.54) is 11.0 Å². The number of rotatable bonds is 11. The lowest BCUT2D eigenvalue weighted by Crippen LogP contribution is -2.59. The number of nitrogens with zero attached hydrogens (tertiary/aromatic N) is 3. The highest BCUT2D eigenvalue weighted by atomic mass is 32.2. The number of pyridine rings is 1. The number of nitrogens with one attached hydrogen (secondary N) is 3. The van der Waals surface area contributed by atoms with E-state index in [2.05, 4.69) is 21.9 Å². The second kappa shape index (κ2) is 18.2. The highest BCUT2D eigenvalue weighted by Gasteiger charge is 2.62. The average molecular weight is 899 g/mol. The molecule has 0 radical (unpaired) electrons. The SMILES string of the molecule is C=C[C@@H]1CC1(NC(=O)[C@@H]1C[C@@H]2CN1C(=O)[C@H](C1CCCCC1)NC(=O)OCC(C)(C)CCCc1cc3c(cc(N(C)Cc4ccccc4)nc3cc1OC)O2)C(=O)NS(=O)(=O)C1CC1. The molecule has 1 unspecified atom stereocenters. The molecule has 64 heavy (non-hydrogen) atoms. The van der Waals surface area contributed by atoms with Crippen molar-refractivity contribution in [2.75, 3.05) is 32.2 Å². The summed E-state index contributed by atoms with van der Waals surface area (Å²) in [5.41, 5.74) is 0.742. The van der Waals surface area contributed by atoms with Gasteiger partial charge in [0, 0.05) is 43.5 Å². The van der Waals surface area contributed by atoms with Gasteiger partial charge in [0.2, 0.25) is 21.8 Å². The predicted molar refractivity (Wildman–Crippen MR) is 242 cm³/mol. The number of hydrogen-bond acceptors (Lipinski definition) is 11. The van der Waals surface area contributed by atoms with Gasteiger partial charge in [0.15, 0.2) is 0 Å². The van der Waals surface area contributed by atoms with Crippen LogP contribution in [0.1, 0.15) is 95.6 Å². The monoisotopic (exact) mass is 898 g/mol. The van der Waals surface area contributed by atoms with Gasteiger partial charge in [-0.05, 0) is 79.9 Å². The molecule has 0 spiro atoms. The second-order valence-electron chi connectivity index (χ2n) is 19.3. The van der Waals surface area contributed by atoms with Crippen molar-refractivity contribution < 1.29 is 41.8 Å². The Hall–Kier alpha value is -5.38. The van der Waals surface area contributed by atoms with Crippen LogP contribution in [0.25, 0.3) is 10.9 Å². The zero-order valence-corrected chi connectivity index (χ0v) is 38.2. The van der Waals surface area contributed by atoms with Crippen molar-refractivity contribution in [3.8, 4) is 11.5 Å². The maximum atomic E-state index is 15.1. The Bertz CT molecular complexity index is 2380. The highest BCUT2D eigenvalue weighted by molar-refractivity contribution is 7.91. The summed E-state index contributed by atoms with van der Waals surface area (Å²) in [6.45, 7) is 8.62. The fraction of sp³-hybridized carbons (Fsp3) is 0.562. The first kappa shape index (κ1) is 45.2. The molecule has 5 atom stereocenters. The van der Waals surface area contributed by atoms with Gasteiger partial charge in [0.25, 0.3) is 5.91 Å². The molecule has 5 aliphatic rings. The summed E-state index contributed by atoms with van der Waals surface area (Å²) in [7, 11) is -0.330. The van der Waals surface area contributed by atoms with Crippen molar-refractivity contribution in [1.82, 2.24) is 25.2 Å². The average Bonchev–Trinajstić information content (AvgIpc) is 4.21. The summed E-state index contributed by atoms with van der Waals surface area (Å²) in [5.74, 6) is -0.787. The van der Waals surface area contributed by atoms with Crippen molar-refractivity contribution in [2.45, 2.75) is 126 Å². The van der Waals surface area contributed by atoms with Crippen molar-refractivity contribution in [1.29, 1.82) is 0 Å². The van der Waals surface area contributed by atoms with Gasteiger partial charge in [-0.3, -0.25) is 19.1 Å². The number of alkyl carbamates (subject to hydrolysis) is 1. The van der Waals surface area contributed by atoms with E-state index in [4.69, 9.17) is 19.2 Å². The Kier molecular flexibility index (Phi) is 12.9. The second-order valence-corrected chi connectivity index (χ2v) is 21.2. The number of benzene rings is 2. The van der Waals surface area contributed by atoms with E-state index in [-0.39, 0.29) is 37.3 Å². The quantitative estimate of drug-likeness (QED) is 0.194. The Labute approximate surface area is 376 Å². The van der Waals surface area contributed by atoms with Gasteiger partial charge in [-0.15, -0.1) is 6.58 Å². The van der Waals surface area contributed by atoms with E-state index >= 15 is 4.79 Å². The summed E-state index contributed by atoms with van der Waals surface area (Å²) < 4.78 is 46.8. The smallest absolute Gasteiger partial charge is 0.407 e. The highest BCUT2D eigenvalue weighted by Crippen LogP contribution is 2.46. The maximum absolute atomic E-state index is 15.1. The molecule has 3 saturated carbocycles. The fourth-order valence-corrected chi connectivity index (χ4v) is 11.1. The Balaban J connectivity index is 1.18. The topological polar surface area (TPSA) is 186 Å². The third kappa shape index (κ3) is 9.81. The number of methoxy groups -OCH3 is 1. The molecule has 4 fully saturated rings. The summed E-state index contributed by atoms with van der Waals surface area (Å²) in [5, 5.41) is 5.92. The first-order valence-electron chi connectivity index (χ1n) is 22.8. The van der Waals surface area contributed by atoms with E-state index in [0.29, 0.717) is 61.5 Å². The minimum Gasteiger partial charge on any atom is -0.496 e. The molecule has 4 bridgehead atoms. The lowest BCUT2D eigenvalue weighted by atomic mass is 9.83. The van der Waals surface area contributed by atoms with Crippen LogP contribution in [0.5, 0.6) is 11.5 Å². The standard InChI is InChI=1S/C48H62N6O9S/c1-6-33-26-48(33,45(57)52-64(59,60)35-19-20-35)51-43(55)38-23-34-28-54(38)44(56)42(31-16-11-8-12-17-31)50-46(58)62-29-47(2,3)21-13-18-32-22-36-37(24-39(32)61-5)49-41(25-40(36)63-34)53(4)27-30-14-9-7-10-15-30/h6-7,9-10,14-15,22,24-25,31,33-35,38,42H,1,8,11-13,16-21,23,26-29H2,2-5H3,(H,50,58)(H,51,55)(H,52,57)/t33-,34-,38+,42+,48?/m1/s1. The number of carbonyl (C=O) groups is 4. The van der Waals surface area contributed by atoms with Crippen LogP contribution in [0.2, 0.25) is 0 Å². The first-order valence-corrected chi connectivity index (χ1v) is 24.3. The molecule has 344 valence electrons. The molecule has 15 nitrogen and oxygen atoms in total. The van der Waals surface area contributed by atoms with Crippen LogP contribution < -0.4 is 29.7 Å². The number of ether oxygens (including phenoxy) is 3. The summed E-state index contributed by atoms with van der Waals surface area (Å²) in [4.78, 5) is 65.9. The van der Waals surface area contributed by atoms with E-state index in [1.807, 2.05) is 74.3 Å². The van der Waals surface area contributed by atoms with Gasteiger partial charge < -0.3 is 34.6 Å². The van der Waals surface area contributed by atoms with Crippen molar-refractivity contribution in [3.05, 3.63) is 72.3 Å². The van der Waals surface area contributed by atoms with Crippen LogP contribution in [-0.2, 0) is 42.1 Å². The molecule has 2 aliphatic heterocycles. The number of hydrogen-bond donors (Lipinski definition) is 3. The number of amides is 4. The van der Waals surface area contributed by atoms with Crippen LogP contribution in [0.4, 0.5) is 10.6 Å². The molecular formula is C48H62N6O9S. The van der Waals surface area contributed by atoms with Gasteiger partial charge in [-0.1, -0.05) is 69.5 Å². The number of fused-ring (bicyclic) bond motifs is 3. The van der Waals surface area contributed by atoms with Crippen LogP contribution >= 0.6 is 0 Å². The van der Waals surface area contributed by atoms with Gasteiger partial charge in [0.1, 0.15) is 41.0 Å². The van der Waals surface area contributed by atoms with Crippen LogP contribution in [-0.4, -0.2) is 98.4 Å². The number of carbonyl (C=O) groups excluding carboxylic acids is 4. The number of aryl methyl sites for hydroxylation is 1. The summed E-state index contributed by atoms with van der Waals surface area (Å²) >= 11 is 0. The summed E-state index contributed by atoms with van der Waals surface area (Å²) in [6, 6.07) is 13.8. The molecule has 2 aromatic carbocycles. The molecule has 16 heteroatoms. The fourth-order valence-electron chi connectivity index (χ4n) is 9.73. The number of cyclic esters (lactones) is 1. The molecule has 1 saturated heterocycles. The van der Waals surface area contributed by atoms with Gasteiger partial charge >= 0.3 is 6.09 Å². The van der Waals surface area contributed by atoms with Crippen molar-refractivity contribution in [3.63, 3.8) is 0 Å². The van der Waals surface area contributed by atoms with E-state index in [9.17, 15) is 22.8 Å². The first-order chi connectivity index (χ1) is 30.6. The van der Waals surface area contributed by atoms with Gasteiger partial charge in [0.05, 0.1) is 31.0 Å². The molecular weight excluding hydrogens is 837 g/mol. The Morgan fingerprint density at radius 1 is 1.06 bits per heavy atom. The minimum absolute atomic E-state index is 0.00788. The maximum Gasteiger partial charge on any atom is 0.407 e. The van der Waals surface area contributed by atoms with Crippen molar-refractivity contribution in [2.24, 2.45) is 17.3 Å². The number of anilines is 1. The van der Waals surface area contributed by atoms with Gasteiger partial charge in [-0.25, -0.2) is 18.2 Å². The third-order valence-corrected chi connectivity index (χ3v) is 15.6. The van der Waals surface area contributed by atoms with E-state index in [1.54, 1.807) is 7.11 Å².